The lowest BCUT2D eigenvalue weighted by Gasteiger charge is -2.38. The highest BCUT2D eigenvalue weighted by Gasteiger charge is 2.39. The molecule has 0 aromatic heterocycles. The van der Waals surface area contributed by atoms with Crippen molar-refractivity contribution in [3.63, 3.8) is 0 Å². The number of carbonyl (C=O) groups is 1. The molecular formula is C14H17Cl3N2O2. The van der Waals surface area contributed by atoms with E-state index in [-0.39, 0.29) is 5.91 Å². The average Bonchev–Trinajstić information content (AvgIpc) is 2.44. The molecule has 1 aromatic rings. The number of aryl methyl sites for hydroxylation is 1. The van der Waals surface area contributed by atoms with E-state index in [0.717, 1.165) is 5.56 Å². The Bertz CT molecular complexity index is 499. The Morgan fingerprint density at radius 1 is 1.33 bits per heavy atom. The lowest BCUT2D eigenvalue weighted by molar-refractivity contribution is 0.00996. The van der Waals surface area contributed by atoms with Gasteiger partial charge in [0.15, 0.2) is 0 Å². The van der Waals surface area contributed by atoms with E-state index < -0.39 is 9.96 Å². The minimum absolute atomic E-state index is 0.262. The first-order valence-electron chi connectivity index (χ1n) is 6.64. The zero-order chi connectivity index (χ0) is 15.5. The third-order valence-corrected chi connectivity index (χ3v) is 3.89. The first-order valence-corrected chi connectivity index (χ1v) is 7.77. The molecule has 1 aromatic carbocycles. The van der Waals surface area contributed by atoms with Crippen LogP contribution in [0.25, 0.3) is 0 Å². The van der Waals surface area contributed by atoms with Gasteiger partial charge in [-0.1, -0.05) is 52.5 Å². The molecule has 1 saturated heterocycles. The van der Waals surface area contributed by atoms with Gasteiger partial charge >= 0.3 is 0 Å². The van der Waals surface area contributed by atoms with Crippen LogP contribution < -0.4 is 5.32 Å². The molecular weight excluding hydrogens is 335 g/mol. The van der Waals surface area contributed by atoms with Crippen LogP contribution in [0, 0.1) is 6.92 Å². The van der Waals surface area contributed by atoms with Crippen LogP contribution in [-0.4, -0.2) is 47.1 Å². The van der Waals surface area contributed by atoms with Crippen molar-refractivity contribution in [2.45, 2.75) is 16.9 Å². The molecule has 0 radical (unpaired) electrons. The maximum atomic E-state index is 12.4. The van der Waals surface area contributed by atoms with Gasteiger partial charge in [0.05, 0.1) is 13.2 Å². The SMILES string of the molecule is Cc1cccc(C(=O)N[C@H](N2CCOCC2)C(Cl)(Cl)Cl)c1. The van der Waals surface area contributed by atoms with Gasteiger partial charge in [-0.25, -0.2) is 0 Å². The molecule has 1 N–H and O–H groups in total. The lowest BCUT2D eigenvalue weighted by atomic mass is 10.1. The fraction of sp³-hybridized carbons (Fsp3) is 0.500. The summed E-state index contributed by atoms with van der Waals surface area (Å²) in [5, 5.41) is 2.81. The summed E-state index contributed by atoms with van der Waals surface area (Å²) in [6, 6.07) is 7.27. The molecule has 1 amide bonds. The third kappa shape index (κ3) is 4.73. The normalized spacial score (nSPS) is 18.3. The molecule has 1 atom stereocenters. The maximum Gasteiger partial charge on any atom is 0.252 e. The first kappa shape index (κ1) is 16.8. The van der Waals surface area contributed by atoms with E-state index in [1.165, 1.54) is 0 Å². The minimum atomic E-state index is -1.61. The highest BCUT2D eigenvalue weighted by Crippen LogP contribution is 2.32. The number of ether oxygens (including phenoxy) is 1. The van der Waals surface area contributed by atoms with Crippen LogP contribution in [0.4, 0.5) is 0 Å². The van der Waals surface area contributed by atoms with E-state index >= 15 is 0 Å². The van der Waals surface area contributed by atoms with Gasteiger partial charge < -0.3 is 10.1 Å². The van der Waals surface area contributed by atoms with E-state index in [4.69, 9.17) is 39.5 Å². The molecule has 1 aliphatic heterocycles. The fourth-order valence-corrected chi connectivity index (χ4v) is 2.79. The number of amides is 1. The van der Waals surface area contributed by atoms with Crippen molar-refractivity contribution in [2.75, 3.05) is 26.3 Å². The molecule has 0 bridgehead atoms. The van der Waals surface area contributed by atoms with E-state index in [9.17, 15) is 4.79 Å². The van der Waals surface area contributed by atoms with E-state index in [1.807, 2.05) is 24.0 Å². The van der Waals surface area contributed by atoms with Crippen LogP contribution in [0.2, 0.25) is 0 Å². The summed E-state index contributed by atoms with van der Waals surface area (Å²) in [6.45, 7) is 4.24. The summed E-state index contributed by atoms with van der Waals surface area (Å²) >= 11 is 18.1. The number of benzene rings is 1. The predicted molar refractivity (Wildman–Crippen MR) is 85.1 cm³/mol. The van der Waals surface area contributed by atoms with Crippen LogP contribution in [0.5, 0.6) is 0 Å². The molecule has 0 saturated carbocycles. The largest absolute Gasteiger partial charge is 0.379 e. The fourth-order valence-electron chi connectivity index (χ4n) is 2.21. The average molecular weight is 352 g/mol. The molecule has 21 heavy (non-hydrogen) atoms. The summed E-state index contributed by atoms with van der Waals surface area (Å²) in [5.74, 6) is -0.262. The first-order chi connectivity index (χ1) is 9.88. The van der Waals surface area contributed by atoms with Gasteiger partial charge in [-0.2, -0.15) is 0 Å². The van der Waals surface area contributed by atoms with Gasteiger partial charge in [0.2, 0.25) is 3.79 Å². The zero-order valence-corrected chi connectivity index (χ0v) is 13.9. The molecule has 1 aliphatic rings. The number of rotatable bonds is 3. The second kappa shape index (κ2) is 7.16. The topological polar surface area (TPSA) is 41.6 Å². The summed E-state index contributed by atoms with van der Waals surface area (Å²) in [5.41, 5.74) is 1.54. The molecule has 1 fully saturated rings. The summed E-state index contributed by atoms with van der Waals surface area (Å²) in [6.07, 6.45) is -0.695. The van der Waals surface area contributed by atoms with Crippen LogP contribution in [0.3, 0.4) is 0 Å². The molecule has 2 rings (SSSR count). The number of halogens is 3. The summed E-state index contributed by atoms with van der Waals surface area (Å²) < 4.78 is 3.67. The summed E-state index contributed by atoms with van der Waals surface area (Å²) in [4.78, 5) is 14.3. The van der Waals surface area contributed by atoms with Gasteiger partial charge in [-0.15, -0.1) is 0 Å². The zero-order valence-electron chi connectivity index (χ0n) is 11.6. The third-order valence-electron chi connectivity index (χ3n) is 3.27. The van der Waals surface area contributed by atoms with Gasteiger partial charge in [0.1, 0.15) is 6.17 Å². The minimum Gasteiger partial charge on any atom is -0.379 e. The van der Waals surface area contributed by atoms with Crippen molar-refractivity contribution >= 4 is 40.7 Å². The van der Waals surface area contributed by atoms with E-state index in [0.29, 0.717) is 31.9 Å². The molecule has 0 spiro atoms. The lowest BCUT2D eigenvalue weighted by Crippen LogP contribution is -2.58. The van der Waals surface area contributed by atoms with Crippen molar-refractivity contribution < 1.29 is 9.53 Å². The Morgan fingerprint density at radius 3 is 2.57 bits per heavy atom. The number of morpholine rings is 1. The van der Waals surface area contributed by atoms with Gasteiger partial charge in [-0.3, -0.25) is 9.69 Å². The van der Waals surface area contributed by atoms with Crippen LogP contribution in [0.1, 0.15) is 15.9 Å². The number of nitrogens with one attached hydrogen (secondary N) is 1. The Morgan fingerprint density at radius 2 is 2.00 bits per heavy atom. The molecule has 1 heterocycles. The van der Waals surface area contributed by atoms with Crippen molar-refractivity contribution in [1.29, 1.82) is 0 Å². The Labute approximate surface area is 139 Å². The smallest absolute Gasteiger partial charge is 0.252 e. The van der Waals surface area contributed by atoms with Crippen LogP contribution >= 0.6 is 34.8 Å². The van der Waals surface area contributed by atoms with Crippen molar-refractivity contribution in [2.24, 2.45) is 0 Å². The predicted octanol–water partition coefficient (Wildman–Crippen LogP) is 2.75. The quantitative estimate of drug-likeness (QED) is 0.852. The van der Waals surface area contributed by atoms with E-state index in [2.05, 4.69) is 5.32 Å². The van der Waals surface area contributed by atoms with Crippen molar-refractivity contribution in [1.82, 2.24) is 10.2 Å². The van der Waals surface area contributed by atoms with Crippen LogP contribution in [-0.2, 0) is 4.74 Å². The standard InChI is InChI=1S/C14H17Cl3N2O2/c1-10-3-2-4-11(9-10)12(20)18-13(14(15,16)17)19-5-7-21-8-6-19/h2-4,9,13H,5-8H2,1H3,(H,18,20)/t13-/m1/s1. The van der Waals surface area contributed by atoms with Crippen LogP contribution in [0.15, 0.2) is 24.3 Å². The molecule has 7 heteroatoms. The Hall–Kier alpha value is -0.520. The van der Waals surface area contributed by atoms with Crippen molar-refractivity contribution in [3.8, 4) is 0 Å². The highest BCUT2D eigenvalue weighted by atomic mass is 35.6. The number of hydrogen-bond acceptors (Lipinski definition) is 3. The van der Waals surface area contributed by atoms with Gasteiger partial charge in [0, 0.05) is 18.7 Å². The molecule has 0 unspecified atom stereocenters. The summed E-state index contributed by atoms with van der Waals surface area (Å²) in [7, 11) is 0. The number of carbonyl (C=O) groups excluding carboxylic acids is 1. The van der Waals surface area contributed by atoms with Crippen molar-refractivity contribution in [3.05, 3.63) is 35.4 Å². The highest BCUT2D eigenvalue weighted by molar-refractivity contribution is 6.68. The maximum absolute atomic E-state index is 12.4. The number of hydrogen-bond donors (Lipinski definition) is 1. The van der Waals surface area contributed by atoms with Gasteiger partial charge in [-0.05, 0) is 19.1 Å². The monoisotopic (exact) mass is 350 g/mol. The second-order valence-electron chi connectivity index (χ2n) is 4.94. The number of nitrogens with zero attached hydrogens (tertiary/aromatic N) is 1. The molecule has 116 valence electrons. The number of alkyl halides is 3. The van der Waals surface area contributed by atoms with Gasteiger partial charge in [0.25, 0.3) is 5.91 Å². The van der Waals surface area contributed by atoms with E-state index in [1.54, 1.807) is 12.1 Å². The molecule has 4 nitrogen and oxygen atoms in total. The Balaban J connectivity index is 2.13. The Kier molecular flexibility index (Phi) is 5.74. The molecule has 0 aliphatic carbocycles. The second-order valence-corrected chi connectivity index (χ2v) is 7.30.